The highest BCUT2D eigenvalue weighted by Crippen LogP contribution is 2.36. The van der Waals surface area contributed by atoms with E-state index in [-0.39, 0.29) is 6.42 Å². The fourth-order valence-electron chi connectivity index (χ4n) is 1.44. The van der Waals surface area contributed by atoms with Gasteiger partial charge in [-0.2, -0.15) is 0 Å². The molecule has 0 spiro atoms. The van der Waals surface area contributed by atoms with Crippen molar-refractivity contribution in [1.29, 1.82) is 0 Å². The van der Waals surface area contributed by atoms with E-state index in [1.807, 2.05) is 0 Å². The van der Waals surface area contributed by atoms with Crippen LogP contribution < -0.4 is 0 Å². The maximum atomic E-state index is 13.3. The van der Waals surface area contributed by atoms with Crippen LogP contribution >= 0.6 is 0 Å². The van der Waals surface area contributed by atoms with E-state index < -0.39 is 11.8 Å². The van der Waals surface area contributed by atoms with E-state index >= 15 is 0 Å². The molecule has 0 N–H and O–H groups in total. The van der Waals surface area contributed by atoms with Gasteiger partial charge in [0.1, 0.15) is 11.8 Å². The summed E-state index contributed by atoms with van der Waals surface area (Å²) in [6.07, 6.45) is 1.19. The Bertz CT molecular complexity index is 114. The van der Waals surface area contributed by atoms with E-state index in [1.165, 1.54) is 0 Å². The first-order valence-electron chi connectivity index (χ1n) is 3.81. The molecule has 0 aromatic heterocycles. The van der Waals surface area contributed by atoms with Crippen molar-refractivity contribution in [3.63, 3.8) is 0 Å². The molecule has 0 bridgehead atoms. The summed E-state index contributed by atoms with van der Waals surface area (Å²) in [5.74, 6) is 0. The fourth-order valence-corrected chi connectivity index (χ4v) is 1.44. The topological polar surface area (TPSA) is 0 Å². The number of hydrogen-bond donors (Lipinski definition) is 0. The molecule has 0 saturated heterocycles. The van der Waals surface area contributed by atoms with Crippen LogP contribution in [0.2, 0.25) is 0 Å². The molecule has 1 fully saturated rings. The highest BCUT2D eigenvalue weighted by molar-refractivity contribution is 4.91. The standard InChI is InChI=1S/C8H13F2/c1-2-8(10)6-4-3-5-7(8)9/h7H,1-6H2. The van der Waals surface area contributed by atoms with Crippen molar-refractivity contribution in [2.24, 2.45) is 0 Å². The Kier molecular flexibility index (Phi) is 2.27. The molecular formula is C8H13F2. The Hall–Kier alpha value is -0.140. The Morgan fingerprint density at radius 3 is 2.60 bits per heavy atom. The Morgan fingerprint density at radius 1 is 1.50 bits per heavy atom. The SMILES string of the molecule is [CH2]CC1(F)CCCCC1F. The first-order chi connectivity index (χ1) is 4.69. The molecule has 2 unspecified atom stereocenters. The van der Waals surface area contributed by atoms with Crippen molar-refractivity contribution < 1.29 is 8.78 Å². The van der Waals surface area contributed by atoms with Gasteiger partial charge in [-0.05, 0) is 19.3 Å². The summed E-state index contributed by atoms with van der Waals surface area (Å²) in [5.41, 5.74) is -1.60. The Balaban J connectivity index is 2.54. The molecule has 0 nitrogen and oxygen atoms in total. The van der Waals surface area contributed by atoms with Gasteiger partial charge < -0.3 is 0 Å². The molecule has 1 radical (unpaired) electrons. The van der Waals surface area contributed by atoms with Crippen molar-refractivity contribution in [3.05, 3.63) is 6.92 Å². The predicted molar refractivity (Wildman–Crippen MR) is 37.2 cm³/mol. The van der Waals surface area contributed by atoms with Gasteiger partial charge in [-0.15, -0.1) is 0 Å². The maximum Gasteiger partial charge on any atom is 0.142 e. The largest absolute Gasteiger partial charge is 0.244 e. The van der Waals surface area contributed by atoms with Gasteiger partial charge in [0.05, 0.1) is 0 Å². The van der Waals surface area contributed by atoms with E-state index in [1.54, 1.807) is 0 Å². The average molecular weight is 147 g/mol. The van der Waals surface area contributed by atoms with E-state index in [9.17, 15) is 8.78 Å². The van der Waals surface area contributed by atoms with E-state index in [0.29, 0.717) is 12.8 Å². The second-order valence-corrected chi connectivity index (χ2v) is 3.00. The molecule has 59 valence electrons. The van der Waals surface area contributed by atoms with Gasteiger partial charge in [0.2, 0.25) is 0 Å². The van der Waals surface area contributed by atoms with Crippen LogP contribution in [0, 0.1) is 6.92 Å². The van der Waals surface area contributed by atoms with Crippen LogP contribution in [0.3, 0.4) is 0 Å². The predicted octanol–water partition coefficient (Wildman–Crippen LogP) is 2.83. The lowest BCUT2D eigenvalue weighted by atomic mass is 9.83. The first kappa shape index (κ1) is 7.96. The molecule has 0 aromatic carbocycles. The van der Waals surface area contributed by atoms with Gasteiger partial charge in [-0.3, -0.25) is 0 Å². The third-order valence-electron chi connectivity index (χ3n) is 2.28. The summed E-state index contributed by atoms with van der Waals surface area (Å²) in [6.45, 7) is 3.42. The van der Waals surface area contributed by atoms with Crippen molar-refractivity contribution >= 4 is 0 Å². The molecule has 0 aromatic rings. The highest BCUT2D eigenvalue weighted by atomic mass is 19.2. The van der Waals surface area contributed by atoms with Crippen molar-refractivity contribution in [2.75, 3.05) is 0 Å². The van der Waals surface area contributed by atoms with Gasteiger partial charge in [-0.25, -0.2) is 8.78 Å². The zero-order chi connectivity index (χ0) is 7.61. The number of alkyl halides is 2. The number of rotatable bonds is 1. The fraction of sp³-hybridized carbons (Fsp3) is 0.875. The monoisotopic (exact) mass is 147 g/mol. The Morgan fingerprint density at radius 2 is 2.20 bits per heavy atom. The van der Waals surface area contributed by atoms with E-state index in [0.717, 1.165) is 12.8 Å². The lowest BCUT2D eigenvalue weighted by Gasteiger charge is -2.31. The summed E-state index contributed by atoms with van der Waals surface area (Å²) >= 11 is 0. The highest BCUT2D eigenvalue weighted by Gasteiger charge is 2.39. The molecule has 2 atom stereocenters. The molecule has 1 rings (SSSR count). The number of hydrogen-bond acceptors (Lipinski definition) is 0. The summed E-state index contributed by atoms with van der Waals surface area (Å²) in [4.78, 5) is 0. The summed E-state index contributed by atoms with van der Waals surface area (Å²) in [5, 5.41) is 0. The van der Waals surface area contributed by atoms with Crippen LogP contribution in [0.5, 0.6) is 0 Å². The molecule has 1 aliphatic rings. The van der Waals surface area contributed by atoms with Gasteiger partial charge in [0.15, 0.2) is 0 Å². The summed E-state index contributed by atoms with van der Waals surface area (Å²) < 4.78 is 26.1. The minimum Gasteiger partial charge on any atom is -0.244 e. The van der Waals surface area contributed by atoms with E-state index in [4.69, 9.17) is 0 Å². The van der Waals surface area contributed by atoms with Crippen molar-refractivity contribution in [1.82, 2.24) is 0 Å². The van der Waals surface area contributed by atoms with Crippen molar-refractivity contribution in [2.45, 2.75) is 43.9 Å². The van der Waals surface area contributed by atoms with Crippen LogP contribution in [0.15, 0.2) is 0 Å². The van der Waals surface area contributed by atoms with Crippen LogP contribution in [-0.4, -0.2) is 11.8 Å². The molecule has 0 heterocycles. The average Bonchev–Trinajstić information content (AvgIpc) is 1.96. The van der Waals surface area contributed by atoms with Gasteiger partial charge in [-0.1, -0.05) is 19.8 Å². The lowest BCUT2D eigenvalue weighted by molar-refractivity contribution is 0.0145. The molecule has 10 heavy (non-hydrogen) atoms. The minimum atomic E-state index is -1.60. The quantitative estimate of drug-likeness (QED) is 0.535. The summed E-state index contributed by atoms with van der Waals surface area (Å²) in [7, 11) is 0. The minimum absolute atomic E-state index is 0.0775. The molecule has 0 amide bonds. The lowest BCUT2D eigenvalue weighted by Crippen LogP contribution is -2.37. The van der Waals surface area contributed by atoms with Crippen LogP contribution in [-0.2, 0) is 0 Å². The van der Waals surface area contributed by atoms with E-state index in [2.05, 4.69) is 6.92 Å². The zero-order valence-electron chi connectivity index (χ0n) is 6.08. The van der Waals surface area contributed by atoms with Crippen LogP contribution in [0.1, 0.15) is 32.1 Å². The third-order valence-corrected chi connectivity index (χ3v) is 2.28. The Labute approximate surface area is 60.6 Å². The van der Waals surface area contributed by atoms with Gasteiger partial charge in [0.25, 0.3) is 0 Å². The normalized spacial score (nSPS) is 41.7. The van der Waals surface area contributed by atoms with Crippen LogP contribution in [0.4, 0.5) is 8.78 Å². The molecule has 0 aliphatic heterocycles. The third kappa shape index (κ3) is 1.30. The zero-order valence-corrected chi connectivity index (χ0v) is 6.08. The van der Waals surface area contributed by atoms with Gasteiger partial charge in [0, 0.05) is 0 Å². The molecule has 2 heteroatoms. The maximum absolute atomic E-state index is 13.3. The second kappa shape index (κ2) is 2.85. The number of halogens is 2. The first-order valence-corrected chi connectivity index (χ1v) is 3.81. The summed E-state index contributed by atoms with van der Waals surface area (Å²) in [6, 6.07) is 0. The molecule has 1 saturated carbocycles. The molecular weight excluding hydrogens is 134 g/mol. The van der Waals surface area contributed by atoms with Crippen molar-refractivity contribution in [3.8, 4) is 0 Å². The smallest absolute Gasteiger partial charge is 0.142 e. The van der Waals surface area contributed by atoms with Crippen LogP contribution in [0.25, 0.3) is 0 Å². The molecule has 1 aliphatic carbocycles. The van der Waals surface area contributed by atoms with Gasteiger partial charge >= 0.3 is 0 Å². The second-order valence-electron chi connectivity index (χ2n) is 3.00.